The molecule has 0 N–H and O–H groups in total. The fourth-order valence-electron chi connectivity index (χ4n) is 2.76. The second-order valence-electron chi connectivity index (χ2n) is 9.43. The van der Waals surface area contributed by atoms with Crippen LogP contribution in [0, 0.1) is 6.92 Å². The van der Waals surface area contributed by atoms with Crippen molar-refractivity contribution in [1.82, 2.24) is 0 Å². The Bertz CT molecular complexity index is 665. The van der Waals surface area contributed by atoms with Crippen LogP contribution in [0.15, 0.2) is 22.1 Å². The minimum Gasteiger partial charge on any atom is -0.463 e. The van der Waals surface area contributed by atoms with Crippen molar-refractivity contribution in [1.29, 1.82) is 0 Å². The lowest BCUT2D eigenvalue weighted by atomic mass is 10.1. The Balaban J connectivity index is 2.32. The van der Waals surface area contributed by atoms with Crippen molar-refractivity contribution in [3.05, 3.63) is 34.8 Å². The molecule has 0 saturated heterocycles. The number of allylic oxidation sites excluding steroid dienone is 1. The number of carbonyl (C=O) groups is 1. The van der Waals surface area contributed by atoms with Crippen molar-refractivity contribution < 1.29 is 18.4 Å². The van der Waals surface area contributed by atoms with E-state index in [4.69, 9.17) is 13.6 Å². The summed E-state index contributed by atoms with van der Waals surface area (Å²) in [6.45, 7) is 18.1. The second kappa shape index (κ2) is 11.8. The van der Waals surface area contributed by atoms with E-state index in [0.717, 1.165) is 43.6 Å². The van der Waals surface area contributed by atoms with E-state index in [1.165, 1.54) is 12.0 Å². The summed E-state index contributed by atoms with van der Waals surface area (Å²) in [7, 11) is -1.76. The molecule has 0 atom stereocenters. The zero-order valence-electron chi connectivity index (χ0n) is 19.9. The highest BCUT2D eigenvalue weighted by Gasteiger charge is 2.37. The van der Waals surface area contributed by atoms with Gasteiger partial charge in [-0.25, -0.2) is 4.79 Å². The summed E-state index contributed by atoms with van der Waals surface area (Å²) in [5.41, 5.74) is 1.91. The Labute approximate surface area is 179 Å². The van der Waals surface area contributed by atoms with Gasteiger partial charge in [0.15, 0.2) is 8.32 Å². The fraction of sp³-hybridized carbons (Fsp3) is 0.708. The molecular weight excluding hydrogens is 380 g/mol. The maximum atomic E-state index is 11.5. The first-order valence-corrected chi connectivity index (χ1v) is 13.9. The average Bonchev–Trinajstić information content (AvgIpc) is 2.98. The van der Waals surface area contributed by atoms with Gasteiger partial charge in [-0.2, -0.15) is 0 Å². The van der Waals surface area contributed by atoms with Crippen LogP contribution >= 0.6 is 0 Å². The molecule has 1 heterocycles. The monoisotopic (exact) mass is 422 g/mol. The van der Waals surface area contributed by atoms with Crippen LogP contribution in [0.1, 0.15) is 83.8 Å². The predicted octanol–water partition coefficient (Wildman–Crippen LogP) is 7.11. The van der Waals surface area contributed by atoms with Crippen LogP contribution in [0.3, 0.4) is 0 Å². The van der Waals surface area contributed by atoms with Crippen LogP contribution in [-0.4, -0.2) is 20.9 Å². The highest BCUT2D eigenvalue weighted by Crippen LogP contribution is 2.37. The van der Waals surface area contributed by atoms with Gasteiger partial charge in [-0.1, -0.05) is 39.7 Å². The molecule has 0 aromatic carbocycles. The molecule has 0 aliphatic carbocycles. The van der Waals surface area contributed by atoms with Gasteiger partial charge < -0.3 is 13.6 Å². The highest BCUT2D eigenvalue weighted by molar-refractivity contribution is 6.74. The number of hydrogen-bond donors (Lipinski definition) is 0. The molecule has 166 valence electrons. The SMILES string of the molecule is CCOC(=O)/C(C)=C/CCCCCCc1cc(C)c(CO[Si](C)(C)C(C)(C)C)o1. The molecule has 29 heavy (non-hydrogen) atoms. The lowest BCUT2D eigenvalue weighted by Crippen LogP contribution is -2.40. The van der Waals surface area contributed by atoms with Crippen molar-refractivity contribution >= 4 is 14.3 Å². The van der Waals surface area contributed by atoms with Crippen molar-refractivity contribution in [2.24, 2.45) is 0 Å². The molecule has 0 bridgehead atoms. The Morgan fingerprint density at radius 1 is 1.17 bits per heavy atom. The van der Waals surface area contributed by atoms with Crippen molar-refractivity contribution in [2.75, 3.05) is 6.61 Å². The van der Waals surface area contributed by atoms with E-state index in [1.807, 2.05) is 19.9 Å². The van der Waals surface area contributed by atoms with Gasteiger partial charge >= 0.3 is 5.97 Å². The molecule has 1 aromatic rings. The smallest absolute Gasteiger partial charge is 0.333 e. The van der Waals surface area contributed by atoms with Crippen molar-refractivity contribution in [2.45, 2.75) is 105 Å². The minimum atomic E-state index is -1.76. The van der Waals surface area contributed by atoms with E-state index in [1.54, 1.807) is 0 Å². The van der Waals surface area contributed by atoms with Gasteiger partial charge in [0.25, 0.3) is 0 Å². The predicted molar refractivity (Wildman–Crippen MR) is 123 cm³/mol. The molecule has 1 rings (SSSR count). The molecule has 1 aromatic heterocycles. The maximum Gasteiger partial charge on any atom is 0.333 e. The second-order valence-corrected chi connectivity index (χ2v) is 14.2. The summed E-state index contributed by atoms with van der Waals surface area (Å²) < 4.78 is 17.4. The Morgan fingerprint density at radius 3 is 2.45 bits per heavy atom. The summed E-state index contributed by atoms with van der Waals surface area (Å²) in [6, 6.07) is 2.16. The van der Waals surface area contributed by atoms with Gasteiger partial charge in [-0.15, -0.1) is 0 Å². The van der Waals surface area contributed by atoms with E-state index < -0.39 is 8.32 Å². The average molecular weight is 423 g/mol. The Hall–Kier alpha value is -1.33. The van der Waals surface area contributed by atoms with E-state index >= 15 is 0 Å². The normalized spacial score (nSPS) is 13.0. The van der Waals surface area contributed by atoms with E-state index in [-0.39, 0.29) is 11.0 Å². The van der Waals surface area contributed by atoms with Crippen LogP contribution in [0.4, 0.5) is 0 Å². The molecule has 0 radical (unpaired) electrons. The van der Waals surface area contributed by atoms with Gasteiger partial charge in [0.05, 0.1) is 13.2 Å². The van der Waals surface area contributed by atoms with Crippen LogP contribution in [-0.2, 0) is 27.0 Å². The molecule has 0 aliphatic heterocycles. The van der Waals surface area contributed by atoms with E-state index in [0.29, 0.717) is 18.8 Å². The number of carbonyl (C=O) groups excluding carboxylic acids is 1. The summed E-state index contributed by atoms with van der Waals surface area (Å²) in [6.07, 6.45) is 8.44. The quantitative estimate of drug-likeness (QED) is 0.156. The first-order chi connectivity index (χ1) is 13.5. The third-order valence-electron chi connectivity index (χ3n) is 5.87. The molecule has 0 amide bonds. The largest absolute Gasteiger partial charge is 0.463 e. The zero-order valence-corrected chi connectivity index (χ0v) is 20.9. The summed E-state index contributed by atoms with van der Waals surface area (Å²) in [4.78, 5) is 11.5. The van der Waals surface area contributed by atoms with Gasteiger partial charge in [0.2, 0.25) is 0 Å². The van der Waals surface area contributed by atoms with Crippen molar-refractivity contribution in [3.8, 4) is 0 Å². The molecule has 0 saturated carbocycles. The molecule has 0 aliphatic rings. The fourth-order valence-corrected chi connectivity index (χ4v) is 3.69. The molecule has 5 heteroatoms. The lowest BCUT2D eigenvalue weighted by Gasteiger charge is -2.35. The van der Waals surface area contributed by atoms with Gasteiger partial charge in [0, 0.05) is 12.0 Å². The standard InChI is InChI=1S/C24H42O4Si/c1-9-26-23(25)19(2)15-13-11-10-12-14-16-21-17-20(3)22(28-21)18-27-29(7,8)24(4,5)6/h15,17H,9-14,16,18H2,1-8H3/b19-15+. The third kappa shape index (κ3) is 8.91. The number of unbranched alkanes of at least 4 members (excludes halogenated alkanes) is 4. The van der Waals surface area contributed by atoms with E-state index in [9.17, 15) is 4.79 Å². The Kier molecular flexibility index (Phi) is 10.4. The van der Waals surface area contributed by atoms with Crippen LogP contribution < -0.4 is 0 Å². The molecule has 0 unspecified atom stereocenters. The zero-order chi connectivity index (χ0) is 22.1. The van der Waals surface area contributed by atoms with Crippen LogP contribution in [0.5, 0.6) is 0 Å². The topological polar surface area (TPSA) is 48.7 Å². The highest BCUT2D eigenvalue weighted by atomic mass is 28.4. The molecule has 0 spiro atoms. The molecule has 4 nitrogen and oxygen atoms in total. The molecule has 0 fully saturated rings. The van der Waals surface area contributed by atoms with Gasteiger partial charge in [-0.05, 0) is 69.8 Å². The van der Waals surface area contributed by atoms with Crippen LogP contribution in [0.2, 0.25) is 18.1 Å². The number of esters is 1. The summed E-state index contributed by atoms with van der Waals surface area (Å²) >= 11 is 0. The lowest BCUT2D eigenvalue weighted by molar-refractivity contribution is -0.138. The van der Waals surface area contributed by atoms with E-state index in [2.05, 4.69) is 46.9 Å². The number of rotatable bonds is 12. The number of hydrogen-bond acceptors (Lipinski definition) is 4. The van der Waals surface area contributed by atoms with Gasteiger partial charge in [0.1, 0.15) is 11.5 Å². The maximum absolute atomic E-state index is 11.5. The van der Waals surface area contributed by atoms with Crippen LogP contribution in [0.25, 0.3) is 0 Å². The summed E-state index contributed by atoms with van der Waals surface area (Å²) in [5, 5.41) is 0.209. The number of aryl methyl sites for hydroxylation is 2. The Morgan fingerprint density at radius 2 is 1.83 bits per heavy atom. The summed E-state index contributed by atoms with van der Waals surface area (Å²) in [5.74, 6) is 1.84. The number of furan rings is 1. The number of ether oxygens (including phenoxy) is 1. The molecular formula is C24H42O4Si. The first kappa shape index (κ1) is 25.7. The minimum absolute atomic E-state index is 0.200. The third-order valence-corrected chi connectivity index (χ3v) is 10.3. The first-order valence-electron chi connectivity index (χ1n) is 11.0. The van der Waals surface area contributed by atoms with Crippen molar-refractivity contribution in [3.63, 3.8) is 0 Å². The van der Waals surface area contributed by atoms with Gasteiger partial charge in [-0.3, -0.25) is 0 Å².